The summed E-state index contributed by atoms with van der Waals surface area (Å²) in [7, 11) is 0. The lowest BCUT2D eigenvalue weighted by molar-refractivity contribution is 0.673. The number of fused-ring (bicyclic) bond motifs is 5. The number of furan rings is 1. The summed E-state index contributed by atoms with van der Waals surface area (Å²) >= 11 is 6.53. The van der Waals surface area contributed by atoms with E-state index in [0.29, 0.717) is 21.8 Å². The SMILES string of the molecule is [2H]c1c([2H])c([2H])c(-c2ccc3c(c2)oc2c4ccccc4cc(Cl)c32)c([2H])c1[2H]. The molecule has 0 spiro atoms. The molecule has 0 atom stereocenters. The predicted octanol–water partition coefficient (Wildman–Crippen LogP) is 7.06. The Balaban J connectivity index is 1.85. The monoisotopic (exact) mass is 333 g/mol. The topological polar surface area (TPSA) is 13.1 Å². The highest BCUT2D eigenvalue weighted by Gasteiger charge is 2.14. The van der Waals surface area contributed by atoms with E-state index < -0.39 is 6.04 Å². The van der Waals surface area contributed by atoms with Crippen LogP contribution in [0.1, 0.15) is 6.85 Å². The Kier molecular flexibility index (Phi) is 2.03. The van der Waals surface area contributed by atoms with Gasteiger partial charge in [-0.05, 0) is 34.7 Å². The van der Waals surface area contributed by atoms with E-state index in [2.05, 4.69) is 0 Å². The minimum Gasteiger partial charge on any atom is -0.455 e. The molecule has 1 heterocycles. The van der Waals surface area contributed by atoms with Gasteiger partial charge in [0.1, 0.15) is 11.2 Å². The number of rotatable bonds is 1. The smallest absolute Gasteiger partial charge is 0.144 e. The molecular formula is C22H13ClO. The zero-order valence-electron chi connectivity index (χ0n) is 17.4. The molecule has 5 aromatic rings. The molecule has 0 aliphatic heterocycles. The van der Waals surface area contributed by atoms with Gasteiger partial charge in [-0.2, -0.15) is 0 Å². The highest BCUT2D eigenvalue weighted by Crippen LogP contribution is 2.40. The Bertz CT molecular complexity index is 1440. The molecule has 0 radical (unpaired) electrons. The summed E-state index contributed by atoms with van der Waals surface area (Å²) in [5, 5.41) is 4.09. The van der Waals surface area contributed by atoms with Crippen molar-refractivity contribution in [2.24, 2.45) is 0 Å². The Morgan fingerprint density at radius 2 is 1.67 bits per heavy atom. The fourth-order valence-electron chi connectivity index (χ4n) is 3.11. The van der Waals surface area contributed by atoms with Gasteiger partial charge in [0.25, 0.3) is 0 Å². The summed E-state index contributed by atoms with van der Waals surface area (Å²) in [5.74, 6) is 0. The molecule has 0 saturated carbocycles. The molecule has 0 saturated heterocycles. The lowest BCUT2D eigenvalue weighted by atomic mass is 10.0. The summed E-state index contributed by atoms with van der Waals surface area (Å²) in [6, 6.07) is 13.3. The van der Waals surface area contributed by atoms with Crippen LogP contribution in [0.4, 0.5) is 0 Å². The van der Waals surface area contributed by atoms with Crippen LogP contribution < -0.4 is 0 Å². The van der Waals surface area contributed by atoms with Gasteiger partial charge in [-0.3, -0.25) is 0 Å². The molecule has 2 heteroatoms. The van der Waals surface area contributed by atoms with Gasteiger partial charge >= 0.3 is 0 Å². The van der Waals surface area contributed by atoms with Gasteiger partial charge in [0.2, 0.25) is 0 Å². The Hall–Kier alpha value is -2.77. The molecule has 0 bridgehead atoms. The van der Waals surface area contributed by atoms with Gasteiger partial charge in [-0.15, -0.1) is 0 Å². The molecule has 0 fully saturated rings. The quantitative estimate of drug-likeness (QED) is 0.320. The molecule has 0 unspecified atom stereocenters. The lowest BCUT2D eigenvalue weighted by Gasteiger charge is -2.01. The normalized spacial score (nSPS) is 14.5. The Labute approximate surface area is 151 Å². The van der Waals surface area contributed by atoms with Gasteiger partial charge in [0.05, 0.1) is 11.9 Å². The van der Waals surface area contributed by atoms with E-state index in [9.17, 15) is 0 Å². The highest BCUT2D eigenvalue weighted by atomic mass is 35.5. The minimum absolute atomic E-state index is 0.148. The lowest BCUT2D eigenvalue weighted by Crippen LogP contribution is -1.77. The average Bonchev–Trinajstić information content (AvgIpc) is 3.11. The molecule has 24 heavy (non-hydrogen) atoms. The largest absolute Gasteiger partial charge is 0.455 e. The van der Waals surface area contributed by atoms with Crippen molar-refractivity contribution in [2.75, 3.05) is 0 Å². The first-order valence-corrected chi connectivity index (χ1v) is 7.87. The first kappa shape index (κ1) is 9.51. The van der Waals surface area contributed by atoms with Crippen LogP contribution in [0.3, 0.4) is 0 Å². The predicted molar refractivity (Wildman–Crippen MR) is 102 cm³/mol. The summed E-state index contributed by atoms with van der Waals surface area (Å²) in [6.07, 6.45) is 0. The number of benzene rings is 4. The first-order chi connectivity index (χ1) is 13.9. The summed E-state index contributed by atoms with van der Waals surface area (Å²) < 4.78 is 46.1. The van der Waals surface area contributed by atoms with Crippen molar-refractivity contribution < 1.29 is 11.3 Å². The van der Waals surface area contributed by atoms with Crippen LogP contribution in [-0.2, 0) is 0 Å². The number of hydrogen-bond acceptors (Lipinski definition) is 1. The standard InChI is InChI=1S/C22H13ClO/c23-19-12-16-8-4-5-9-17(16)22-21(19)18-11-10-15(13-20(18)24-22)14-6-2-1-3-7-14/h1-13H/i1D,2D,3D,6D,7D. The third-order valence-corrected chi connectivity index (χ3v) is 4.50. The Morgan fingerprint density at radius 3 is 2.54 bits per heavy atom. The second-order valence-electron chi connectivity index (χ2n) is 5.60. The zero-order chi connectivity index (χ0) is 20.4. The molecule has 4 aromatic carbocycles. The molecule has 0 aliphatic rings. The fraction of sp³-hybridized carbons (Fsp3) is 0. The van der Waals surface area contributed by atoms with Crippen LogP contribution in [0.15, 0.2) is 83.2 Å². The third kappa shape index (κ3) is 1.95. The summed E-state index contributed by atoms with van der Waals surface area (Å²) in [5.41, 5.74) is 1.85. The molecule has 0 N–H and O–H groups in total. The molecule has 1 nitrogen and oxygen atoms in total. The minimum atomic E-state index is -0.410. The third-order valence-electron chi connectivity index (χ3n) is 4.21. The van der Waals surface area contributed by atoms with E-state index in [-0.39, 0.29) is 29.7 Å². The van der Waals surface area contributed by atoms with Crippen LogP contribution in [0.25, 0.3) is 43.8 Å². The zero-order valence-corrected chi connectivity index (χ0v) is 13.2. The highest BCUT2D eigenvalue weighted by molar-refractivity contribution is 6.39. The van der Waals surface area contributed by atoms with Crippen LogP contribution in [0, 0.1) is 0 Å². The first-order valence-electron chi connectivity index (χ1n) is 9.99. The van der Waals surface area contributed by atoms with Crippen molar-refractivity contribution in [3.05, 3.63) is 83.8 Å². The molecular weight excluding hydrogens is 316 g/mol. The fourth-order valence-corrected chi connectivity index (χ4v) is 3.42. The van der Waals surface area contributed by atoms with Gasteiger partial charge in [-0.25, -0.2) is 0 Å². The van der Waals surface area contributed by atoms with E-state index in [1.807, 2.05) is 36.4 Å². The summed E-state index contributed by atoms with van der Waals surface area (Å²) in [6.45, 7) is 0. The van der Waals surface area contributed by atoms with Crippen molar-refractivity contribution >= 4 is 44.3 Å². The van der Waals surface area contributed by atoms with Crippen molar-refractivity contribution in [3.63, 3.8) is 0 Å². The second-order valence-corrected chi connectivity index (χ2v) is 6.00. The van der Waals surface area contributed by atoms with Crippen LogP contribution in [0.5, 0.6) is 0 Å². The maximum Gasteiger partial charge on any atom is 0.144 e. The molecule has 5 rings (SSSR count). The maximum atomic E-state index is 8.21. The summed E-state index contributed by atoms with van der Waals surface area (Å²) in [4.78, 5) is 0. The van der Waals surface area contributed by atoms with E-state index in [4.69, 9.17) is 22.9 Å². The molecule has 0 aliphatic carbocycles. The van der Waals surface area contributed by atoms with Crippen molar-refractivity contribution in [2.45, 2.75) is 0 Å². The van der Waals surface area contributed by atoms with Crippen LogP contribution in [0.2, 0.25) is 5.02 Å². The van der Waals surface area contributed by atoms with Gasteiger partial charge in [0.15, 0.2) is 0 Å². The van der Waals surface area contributed by atoms with Gasteiger partial charge in [0, 0.05) is 16.2 Å². The maximum absolute atomic E-state index is 8.21. The second kappa shape index (κ2) is 5.12. The van der Waals surface area contributed by atoms with E-state index in [1.54, 1.807) is 12.1 Å². The number of halogens is 1. The van der Waals surface area contributed by atoms with Crippen LogP contribution >= 0.6 is 11.6 Å². The van der Waals surface area contributed by atoms with Gasteiger partial charge in [-0.1, -0.05) is 72.1 Å². The van der Waals surface area contributed by atoms with E-state index in [1.165, 1.54) is 0 Å². The molecule has 0 amide bonds. The average molecular weight is 334 g/mol. The number of hydrogen-bond donors (Lipinski definition) is 0. The van der Waals surface area contributed by atoms with E-state index >= 15 is 0 Å². The van der Waals surface area contributed by atoms with Crippen molar-refractivity contribution in [1.82, 2.24) is 0 Å². The molecule has 114 valence electrons. The van der Waals surface area contributed by atoms with E-state index in [0.717, 1.165) is 21.5 Å². The van der Waals surface area contributed by atoms with Gasteiger partial charge < -0.3 is 4.42 Å². The molecule has 1 aromatic heterocycles. The Morgan fingerprint density at radius 1 is 0.833 bits per heavy atom. The van der Waals surface area contributed by atoms with Crippen LogP contribution in [-0.4, -0.2) is 0 Å². The van der Waals surface area contributed by atoms with Crippen molar-refractivity contribution in [1.29, 1.82) is 0 Å². The van der Waals surface area contributed by atoms with Crippen molar-refractivity contribution in [3.8, 4) is 11.1 Å².